The van der Waals surface area contributed by atoms with Crippen molar-refractivity contribution < 1.29 is 5.11 Å². The lowest BCUT2D eigenvalue weighted by Crippen LogP contribution is -2.34. The van der Waals surface area contributed by atoms with Crippen molar-refractivity contribution in [2.24, 2.45) is 0 Å². The van der Waals surface area contributed by atoms with Crippen molar-refractivity contribution in [2.45, 2.75) is 31.4 Å². The molecule has 0 bridgehead atoms. The van der Waals surface area contributed by atoms with Gasteiger partial charge in [-0.05, 0) is 31.4 Å². The van der Waals surface area contributed by atoms with Crippen LogP contribution < -0.4 is 4.84 Å². The van der Waals surface area contributed by atoms with Gasteiger partial charge < -0.3 is 5.11 Å². The zero-order valence-electron chi connectivity index (χ0n) is 12.1. The van der Waals surface area contributed by atoms with E-state index in [4.69, 9.17) is 11.8 Å². The summed E-state index contributed by atoms with van der Waals surface area (Å²) < 4.78 is 1.63. The maximum Gasteiger partial charge on any atom is 0.239 e. The number of halogens is 1. The van der Waals surface area contributed by atoms with Gasteiger partial charge in [-0.1, -0.05) is 11.3 Å². The van der Waals surface area contributed by atoms with Crippen LogP contribution in [0.15, 0.2) is 24.4 Å². The van der Waals surface area contributed by atoms with E-state index in [0.29, 0.717) is 23.4 Å². The van der Waals surface area contributed by atoms with Crippen molar-refractivity contribution in [2.75, 3.05) is 4.84 Å². The predicted molar refractivity (Wildman–Crippen MR) is 83.7 cm³/mol. The number of hydrogen-bond donors (Lipinski definition) is 2. The molecule has 118 valence electrons. The van der Waals surface area contributed by atoms with Gasteiger partial charge in [0.15, 0.2) is 11.2 Å². The van der Waals surface area contributed by atoms with Crippen LogP contribution in [0.4, 0.5) is 5.95 Å². The third kappa shape index (κ3) is 2.49. The van der Waals surface area contributed by atoms with Crippen LogP contribution in [0.5, 0.6) is 0 Å². The van der Waals surface area contributed by atoms with Gasteiger partial charge in [0.2, 0.25) is 5.95 Å². The van der Waals surface area contributed by atoms with Gasteiger partial charge in [0.05, 0.1) is 24.1 Å². The molecule has 0 atom stereocenters. The molecule has 23 heavy (non-hydrogen) atoms. The third-order valence-electron chi connectivity index (χ3n) is 4.12. The summed E-state index contributed by atoms with van der Waals surface area (Å²) in [6.45, 7) is 0.402. The number of hydrogen-bond acceptors (Lipinski definition) is 7. The molecular formula is C14H14ClN7O. The predicted octanol–water partition coefficient (Wildman–Crippen LogP) is 1.60. The van der Waals surface area contributed by atoms with Crippen LogP contribution in [0.2, 0.25) is 0 Å². The van der Waals surface area contributed by atoms with Gasteiger partial charge in [0.25, 0.3) is 0 Å². The normalized spacial score (nSPS) is 16.3. The van der Waals surface area contributed by atoms with Gasteiger partial charge in [-0.15, -0.1) is 5.10 Å². The summed E-state index contributed by atoms with van der Waals surface area (Å²) in [5, 5.41) is 18.5. The first-order valence-electron chi connectivity index (χ1n) is 7.30. The minimum absolute atomic E-state index is 0.285. The van der Waals surface area contributed by atoms with E-state index in [9.17, 15) is 5.11 Å². The lowest BCUT2D eigenvalue weighted by atomic mass is 9.77. The number of fused-ring (bicyclic) bond motifs is 1. The number of rotatable bonds is 4. The summed E-state index contributed by atoms with van der Waals surface area (Å²) in [6.07, 6.45) is 4.10. The Morgan fingerprint density at radius 2 is 2.17 bits per heavy atom. The number of nitrogens with one attached hydrogen (secondary N) is 1. The van der Waals surface area contributed by atoms with Gasteiger partial charge in [0.1, 0.15) is 5.60 Å². The summed E-state index contributed by atoms with van der Waals surface area (Å²) in [5.74, 6) is 0.285. The van der Waals surface area contributed by atoms with Crippen molar-refractivity contribution >= 4 is 28.9 Å². The molecule has 1 saturated carbocycles. The minimum Gasteiger partial charge on any atom is -0.384 e. The molecule has 0 aliphatic heterocycles. The van der Waals surface area contributed by atoms with Gasteiger partial charge in [-0.25, -0.2) is 9.67 Å². The molecule has 0 radical (unpaired) electrons. The highest BCUT2D eigenvalue weighted by molar-refractivity contribution is 6.23. The summed E-state index contributed by atoms with van der Waals surface area (Å²) in [6, 6.07) is 5.65. The van der Waals surface area contributed by atoms with E-state index in [1.54, 1.807) is 10.9 Å². The molecule has 0 spiro atoms. The number of pyridine rings is 1. The van der Waals surface area contributed by atoms with Gasteiger partial charge in [-0.3, -0.25) is 9.82 Å². The molecule has 9 heteroatoms. The molecule has 0 saturated heterocycles. The van der Waals surface area contributed by atoms with Crippen LogP contribution in [0.3, 0.4) is 0 Å². The number of nitrogens with zero attached hydrogens (tertiary/aromatic N) is 6. The highest BCUT2D eigenvalue weighted by Crippen LogP contribution is 2.39. The van der Waals surface area contributed by atoms with Crippen LogP contribution in [0, 0.1) is 0 Å². The van der Waals surface area contributed by atoms with Crippen molar-refractivity contribution in [1.82, 2.24) is 29.9 Å². The zero-order chi connectivity index (χ0) is 15.9. The lowest BCUT2D eigenvalue weighted by molar-refractivity contribution is -0.0427. The van der Waals surface area contributed by atoms with E-state index in [2.05, 4.69) is 30.1 Å². The quantitative estimate of drug-likeness (QED) is 0.700. The molecule has 4 rings (SSSR count). The van der Waals surface area contributed by atoms with E-state index >= 15 is 0 Å². The van der Waals surface area contributed by atoms with E-state index < -0.39 is 5.60 Å². The smallest absolute Gasteiger partial charge is 0.239 e. The Morgan fingerprint density at radius 1 is 1.30 bits per heavy atom. The average Bonchev–Trinajstić information content (AvgIpc) is 2.95. The summed E-state index contributed by atoms with van der Waals surface area (Å²) in [5.41, 5.74) is 1.86. The van der Waals surface area contributed by atoms with Crippen molar-refractivity contribution in [3.05, 3.63) is 35.8 Å². The summed E-state index contributed by atoms with van der Waals surface area (Å²) in [7, 11) is 0. The van der Waals surface area contributed by atoms with E-state index in [1.165, 1.54) is 0 Å². The standard InChI is InChI=1S/C14H14ClN7O/c15-19-13-16-7-10-12(18-13)22(21-20-10)8-9-3-1-4-11(17-9)14(23)5-2-6-14/h1,3-4,7,23H,2,5-6,8H2,(H,16,18,19). The fourth-order valence-corrected chi connectivity index (χ4v) is 2.76. The highest BCUT2D eigenvalue weighted by Gasteiger charge is 2.37. The third-order valence-corrected chi connectivity index (χ3v) is 4.28. The maximum absolute atomic E-state index is 10.4. The van der Waals surface area contributed by atoms with Crippen molar-refractivity contribution in [3.63, 3.8) is 0 Å². The number of aliphatic hydroxyl groups is 1. The molecular weight excluding hydrogens is 318 g/mol. The van der Waals surface area contributed by atoms with Crippen molar-refractivity contribution in [1.29, 1.82) is 0 Å². The Kier molecular flexibility index (Phi) is 3.35. The SMILES string of the molecule is OC1(c2cccc(Cn3nnc4cnc(NCl)nc43)n2)CCC1. The van der Waals surface area contributed by atoms with Crippen LogP contribution >= 0.6 is 11.8 Å². The molecule has 3 aromatic heterocycles. The second-order valence-corrected chi connectivity index (χ2v) is 5.83. The summed E-state index contributed by atoms with van der Waals surface area (Å²) in [4.78, 5) is 15.2. The van der Waals surface area contributed by atoms with Crippen LogP contribution in [0.1, 0.15) is 30.7 Å². The molecule has 2 N–H and O–H groups in total. The van der Waals surface area contributed by atoms with Gasteiger partial charge >= 0.3 is 0 Å². The Morgan fingerprint density at radius 3 is 2.91 bits per heavy atom. The molecule has 3 aromatic rings. The topological polar surface area (TPSA) is 102 Å². The Bertz CT molecular complexity index is 861. The van der Waals surface area contributed by atoms with Gasteiger partial charge in [0, 0.05) is 11.8 Å². The molecule has 1 fully saturated rings. The fourth-order valence-electron chi connectivity index (χ4n) is 2.67. The lowest BCUT2D eigenvalue weighted by Gasteiger charge is -2.36. The Hall–Kier alpha value is -2.32. The molecule has 1 aliphatic rings. The largest absolute Gasteiger partial charge is 0.384 e. The number of aromatic nitrogens is 6. The first-order chi connectivity index (χ1) is 11.2. The van der Waals surface area contributed by atoms with Crippen molar-refractivity contribution in [3.8, 4) is 0 Å². The molecule has 0 amide bonds. The highest BCUT2D eigenvalue weighted by atomic mass is 35.5. The zero-order valence-corrected chi connectivity index (χ0v) is 12.9. The first kappa shape index (κ1) is 14.3. The minimum atomic E-state index is -0.779. The fraction of sp³-hybridized carbons (Fsp3) is 0.357. The van der Waals surface area contributed by atoms with E-state index in [1.807, 2.05) is 18.2 Å². The Balaban J connectivity index is 1.67. The second kappa shape index (κ2) is 5.39. The number of anilines is 1. The Labute approximate surface area is 136 Å². The van der Waals surface area contributed by atoms with Crippen LogP contribution in [-0.2, 0) is 12.1 Å². The van der Waals surface area contributed by atoms with Gasteiger partial charge in [-0.2, -0.15) is 4.98 Å². The van der Waals surface area contributed by atoms with E-state index in [-0.39, 0.29) is 5.95 Å². The molecule has 0 unspecified atom stereocenters. The van der Waals surface area contributed by atoms with E-state index in [0.717, 1.165) is 25.0 Å². The maximum atomic E-state index is 10.4. The van der Waals surface area contributed by atoms with Crippen LogP contribution in [0.25, 0.3) is 11.2 Å². The average molecular weight is 332 g/mol. The summed E-state index contributed by atoms with van der Waals surface area (Å²) >= 11 is 5.54. The molecule has 8 nitrogen and oxygen atoms in total. The first-order valence-corrected chi connectivity index (χ1v) is 7.67. The molecule has 0 aromatic carbocycles. The second-order valence-electron chi connectivity index (χ2n) is 5.64. The van der Waals surface area contributed by atoms with Crippen LogP contribution in [-0.4, -0.2) is 35.1 Å². The molecule has 1 aliphatic carbocycles. The molecule has 3 heterocycles. The monoisotopic (exact) mass is 331 g/mol.